The van der Waals surface area contributed by atoms with Gasteiger partial charge in [-0.3, -0.25) is 4.79 Å². The van der Waals surface area contributed by atoms with Crippen LogP contribution in [0.4, 0.5) is 5.69 Å². The molecule has 1 aliphatic heterocycles. The summed E-state index contributed by atoms with van der Waals surface area (Å²) in [6.07, 6.45) is 5.51. The monoisotopic (exact) mass is 435 g/mol. The fourth-order valence-corrected chi connectivity index (χ4v) is 4.71. The van der Waals surface area contributed by atoms with Crippen LogP contribution in [-0.2, 0) is 0 Å². The second-order valence-corrected chi connectivity index (χ2v) is 8.21. The number of benzene rings is 4. The lowest BCUT2D eigenvalue weighted by Gasteiger charge is -2.13. The Morgan fingerprint density at radius 2 is 1.62 bits per heavy atom. The number of hydrogen-bond acceptors (Lipinski definition) is 2. The van der Waals surface area contributed by atoms with Gasteiger partial charge in [0.2, 0.25) is 0 Å². The van der Waals surface area contributed by atoms with Gasteiger partial charge < -0.3 is 0 Å². The molecule has 0 bridgehead atoms. The number of rotatable bonds is 1. The van der Waals surface area contributed by atoms with Crippen molar-refractivity contribution in [3.63, 3.8) is 0 Å². The van der Waals surface area contributed by atoms with Crippen molar-refractivity contribution in [2.75, 3.05) is 0 Å². The zero-order valence-corrected chi connectivity index (χ0v) is 16.9. The van der Waals surface area contributed by atoms with E-state index >= 15 is 0 Å². The number of halogens is 1. The van der Waals surface area contributed by atoms with E-state index in [2.05, 4.69) is 58.4 Å². The highest BCUT2D eigenvalue weighted by atomic mass is 79.9. The van der Waals surface area contributed by atoms with Crippen LogP contribution in [0.3, 0.4) is 0 Å². The molecule has 0 unspecified atom stereocenters. The fraction of sp³-hybridized carbons (Fsp3) is 0. The minimum Gasteiger partial charge on any atom is -0.289 e. The standard InChI is InChI=1S/C26H14BrNO/c27-16-9-10-17-22-14-21(15-5-2-1-3-6-15)25-19-7-4-8-24(29)18(19)11-12-20(25)26(22)28-23(17)13-16/h1-14H. The molecule has 0 spiro atoms. The molecule has 0 radical (unpaired) electrons. The number of hydrogen-bond donors (Lipinski definition) is 0. The van der Waals surface area contributed by atoms with Gasteiger partial charge in [0.25, 0.3) is 0 Å². The molecule has 29 heavy (non-hydrogen) atoms. The summed E-state index contributed by atoms with van der Waals surface area (Å²) >= 11 is 3.56. The minimum absolute atomic E-state index is 0.0491. The Bertz CT molecular complexity index is 1510. The predicted molar refractivity (Wildman–Crippen MR) is 121 cm³/mol. The number of carbonyl (C=O) groups excluding carboxylic acids is 1. The average Bonchev–Trinajstić information content (AvgIpc) is 3.11. The van der Waals surface area contributed by atoms with Gasteiger partial charge in [-0.15, -0.1) is 0 Å². The first-order chi connectivity index (χ1) is 14.2. The van der Waals surface area contributed by atoms with Crippen LogP contribution in [-0.4, -0.2) is 5.78 Å². The van der Waals surface area contributed by atoms with E-state index in [1.165, 1.54) is 0 Å². The van der Waals surface area contributed by atoms with E-state index in [1.807, 2.05) is 36.4 Å². The summed E-state index contributed by atoms with van der Waals surface area (Å²) in [6, 6.07) is 22.8. The van der Waals surface area contributed by atoms with Gasteiger partial charge in [-0.05, 0) is 52.1 Å². The molecule has 0 aromatic heterocycles. The van der Waals surface area contributed by atoms with Crippen LogP contribution in [0.15, 0.2) is 88.3 Å². The molecule has 2 nitrogen and oxygen atoms in total. The maximum absolute atomic E-state index is 12.5. The summed E-state index contributed by atoms with van der Waals surface area (Å²) in [5.74, 6) is 0.0491. The van der Waals surface area contributed by atoms with E-state index in [-0.39, 0.29) is 5.78 Å². The van der Waals surface area contributed by atoms with Gasteiger partial charge in [0.05, 0.1) is 11.0 Å². The minimum atomic E-state index is 0.0491. The molecule has 1 heterocycles. The Balaban J connectivity index is 1.84. The van der Waals surface area contributed by atoms with E-state index in [9.17, 15) is 4.79 Å². The first-order valence-electron chi connectivity index (χ1n) is 9.47. The second kappa shape index (κ2) is 6.10. The third kappa shape index (κ3) is 2.41. The fourth-order valence-electron chi connectivity index (χ4n) is 4.36. The number of carbonyl (C=O) groups is 1. The Morgan fingerprint density at radius 3 is 2.48 bits per heavy atom. The van der Waals surface area contributed by atoms with E-state index in [0.29, 0.717) is 0 Å². The summed E-state index contributed by atoms with van der Waals surface area (Å²) in [6.45, 7) is 0. The van der Waals surface area contributed by atoms with Gasteiger partial charge in [0.15, 0.2) is 5.78 Å². The van der Waals surface area contributed by atoms with Gasteiger partial charge in [-0.2, -0.15) is 0 Å². The lowest BCUT2D eigenvalue weighted by molar-refractivity contribution is 0.104. The van der Waals surface area contributed by atoms with Crippen molar-refractivity contribution < 1.29 is 4.79 Å². The number of allylic oxidation sites excluding steroid dienone is 2. The average molecular weight is 436 g/mol. The van der Waals surface area contributed by atoms with Crippen molar-refractivity contribution in [1.29, 1.82) is 0 Å². The van der Waals surface area contributed by atoms with E-state index in [1.54, 1.807) is 6.08 Å². The van der Waals surface area contributed by atoms with Crippen LogP contribution in [0, 0.1) is 0 Å². The van der Waals surface area contributed by atoms with Crippen LogP contribution in [0.2, 0.25) is 0 Å². The third-order valence-electron chi connectivity index (χ3n) is 5.66. The molecule has 4 aromatic carbocycles. The van der Waals surface area contributed by atoms with Gasteiger partial charge >= 0.3 is 0 Å². The van der Waals surface area contributed by atoms with Gasteiger partial charge in [0.1, 0.15) is 0 Å². The van der Waals surface area contributed by atoms with Gasteiger partial charge in [-0.25, -0.2) is 4.99 Å². The van der Waals surface area contributed by atoms with Crippen molar-refractivity contribution in [1.82, 2.24) is 0 Å². The molecular weight excluding hydrogens is 422 g/mol. The molecule has 0 saturated carbocycles. The van der Waals surface area contributed by atoms with Crippen molar-refractivity contribution in [2.24, 2.45) is 4.99 Å². The molecule has 136 valence electrons. The smallest absolute Gasteiger partial charge is 0.186 e. The van der Waals surface area contributed by atoms with Crippen molar-refractivity contribution in [3.05, 3.63) is 99.5 Å². The second-order valence-electron chi connectivity index (χ2n) is 7.30. The Hall–Kier alpha value is -3.30. The molecule has 2 aliphatic rings. The van der Waals surface area contributed by atoms with Crippen LogP contribution < -0.4 is 10.6 Å². The highest BCUT2D eigenvalue weighted by molar-refractivity contribution is 9.10. The lowest BCUT2D eigenvalue weighted by atomic mass is 9.89. The number of fused-ring (bicyclic) bond motifs is 7. The molecule has 0 amide bonds. The molecule has 0 fully saturated rings. The summed E-state index contributed by atoms with van der Waals surface area (Å²) < 4.78 is 1.02. The van der Waals surface area contributed by atoms with Crippen molar-refractivity contribution in [3.8, 4) is 22.3 Å². The predicted octanol–water partition coefficient (Wildman–Crippen LogP) is 5.73. The first-order valence-corrected chi connectivity index (χ1v) is 10.3. The lowest BCUT2D eigenvalue weighted by Crippen LogP contribution is -2.20. The summed E-state index contributed by atoms with van der Waals surface area (Å²) in [7, 11) is 0. The van der Waals surface area contributed by atoms with Crippen molar-refractivity contribution >= 4 is 44.2 Å². The molecule has 4 aromatic rings. The molecule has 0 atom stereocenters. The van der Waals surface area contributed by atoms with Gasteiger partial charge in [-0.1, -0.05) is 70.5 Å². The van der Waals surface area contributed by atoms with E-state index in [4.69, 9.17) is 4.99 Å². The Morgan fingerprint density at radius 1 is 0.793 bits per heavy atom. The molecule has 3 heteroatoms. The summed E-state index contributed by atoms with van der Waals surface area (Å²) in [5, 5.41) is 4.11. The maximum atomic E-state index is 12.5. The summed E-state index contributed by atoms with van der Waals surface area (Å²) in [5.41, 5.74) is 6.25. The number of nitrogens with zero attached hydrogens (tertiary/aromatic N) is 1. The largest absolute Gasteiger partial charge is 0.289 e. The third-order valence-corrected chi connectivity index (χ3v) is 6.15. The topological polar surface area (TPSA) is 29.4 Å². The molecular formula is C26H14BrNO. The highest BCUT2D eigenvalue weighted by Gasteiger charge is 2.21. The van der Waals surface area contributed by atoms with Gasteiger partial charge in [0, 0.05) is 26.5 Å². The highest BCUT2D eigenvalue weighted by Crippen LogP contribution is 2.39. The SMILES string of the molecule is O=C1C=CC=c2c1ccc1c3c(cc(-c4ccccc4)c21)-c1ccc(Br)cc1N=3. The molecule has 1 aliphatic carbocycles. The zero-order chi connectivity index (χ0) is 19.5. The molecule has 0 saturated heterocycles. The van der Waals surface area contributed by atoms with Crippen LogP contribution in [0.5, 0.6) is 0 Å². The van der Waals surface area contributed by atoms with Crippen LogP contribution >= 0.6 is 15.9 Å². The quantitative estimate of drug-likeness (QED) is 0.330. The first kappa shape index (κ1) is 16.6. The van der Waals surface area contributed by atoms with Crippen LogP contribution in [0.1, 0.15) is 10.4 Å². The normalized spacial score (nSPS) is 13.5. The van der Waals surface area contributed by atoms with E-state index in [0.717, 1.165) is 59.3 Å². The Labute approximate surface area is 175 Å². The van der Waals surface area contributed by atoms with Crippen LogP contribution in [0.25, 0.3) is 39.1 Å². The number of ketones is 1. The summed E-state index contributed by atoms with van der Waals surface area (Å²) in [4.78, 5) is 17.5. The Kier molecular flexibility index (Phi) is 3.50. The van der Waals surface area contributed by atoms with E-state index < -0.39 is 0 Å². The van der Waals surface area contributed by atoms with Crippen molar-refractivity contribution in [2.45, 2.75) is 0 Å². The molecule has 6 rings (SSSR count). The zero-order valence-electron chi connectivity index (χ0n) is 15.3. The maximum Gasteiger partial charge on any atom is 0.186 e. The molecule has 0 N–H and O–H groups in total.